The lowest BCUT2D eigenvalue weighted by molar-refractivity contribution is -0.127. The summed E-state index contributed by atoms with van der Waals surface area (Å²) in [6, 6.07) is 16.9. The van der Waals surface area contributed by atoms with Crippen molar-refractivity contribution >= 4 is 40.5 Å². The van der Waals surface area contributed by atoms with Crippen LogP contribution in [0.4, 0.5) is 4.79 Å². The highest BCUT2D eigenvalue weighted by Gasteiger charge is 2.30. The molecule has 1 aliphatic carbocycles. The number of nitrogens with zero attached hydrogens (tertiary/aromatic N) is 1. The van der Waals surface area contributed by atoms with E-state index in [4.69, 9.17) is 9.72 Å². The van der Waals surface area contributed by atoms with E-state index in [9.17, 15) is 14.4 Å². The van der Waals surface area contributed by atoms with Gasteiger partial charge in [-0.2, -0.15) is 0 Å². The van der Waals surface area contributed by atoms with E-state index in [0.29, 0.717) is 35.3 Å². The van der Waals surface area contributed by atoms with E-state index < -0.39 is 24.0 Å². The number of hydrogen-bond acceptors (Lipinski definition) is 5. The molecule has 35 heavy (non-hydrogen) atoms. The number of esters is 1. The number of fused-ring (bicyclic) bond motifs is 2. The highest BCUT2D eigenvalue weighted by molar-refractivity contribution is 6.07. The van der Waals surface area contributed by atoms with Crippen LogP contribution >= 0.6 is 0 Å². The number of rotatable bonds is 5. The van der Waals surface area contributed by atoms with Gasteiger partial charge in [0, 0.05) is 11.9 Å². The molecule has 0 spiro atoms. The maximum Gasteiger partial charge on any atom is 0.339 e. The predicted molar refractivity (Wildman–Crippen MR) is 136 cm³/mol. The zero-order valence-corrected chi connectivity index (χ0v) is 20.1. The summed E-state index contributed by atoms with van der Waals surface area (Å²) < 4.78 is 5.56. The van der Waals surface area contributed by atoms with Gasteiger partial charge in [-0.05, 0) is 61.4 Å². The van der Waals surface area contributed by atoms with Gasteiger partial charge in [0.2, 0.25) is 0 Å². The van der Waals surface area contributed by atoms with Crippen LogP contribution in [-0.2, 0) is 16.0 Å². The molecule has 2 N–H and O–H groups in total. The molecule has 1 heterocycles. The summed E-state index contributed by atoms with van der Waals surface area (Å²) >= 11 is 0. The van der Waals surface area contributed by atoms with E-state index >= 15 is 0 Å². The lowest BCUT2D eigenvalue weighted by Crippen LogP contribution is -2.44. The predicted octanol–water partition coefficient (Wildman–Crippen LogP) is 4.75. The number of aromatic nitrogens is 1. The minimum atomic E-state index is -1.15. The Morgan fingerprint density at radius 3 is 2.54 bits per heavy atom. The molecule has 0 aliphatic heterocycles. The lowest BCUT2D eigenvalue weighted by atomic mass is 9.80. The second-order valence-corrected chi connectivity index (χ2v) is 8.82. The Bertz CT molecular complexity index is 1300. The highest BCUT2D eigenvalue weighted by Crippen LogP contribution is 2.38. The monoisotopic (exact) mass is 471 g/mol. The smallest absolute Gasteiger partial charge is 0.339 e. The van der Waals surface area contributed by atoms with Crippen molar-refractivity contribution in [3.8, 4) is 0 Å². The van der Waals surface area contributed by atoms with Crippen LogP contribution < -0.4 is 10.6 Å². The average Bonchev–Trinajstić information content (AvgIpc) is 2.83. The lowest BCUT2D eigenvalue weighted by Gasteiger charge is -2.27. The van der Waals surface area contributed by atoms with Crippen LogP contribution in [0, 0.1) is 5.92 Å². The molecule has 4 rings (SSSR count). The number of carbonyl (C=O) groups excluding carboxylic acids is 3. The van der Waals surface area contributed by atoms with Gasteiger partial charge in [-0.15, -0.1) is 0 Å². The van der Waals surface area contributed by atoms with Gasteiger partial charge in [0.05, 0.1) is 16.8 Å². The maximum absolute atomic E-state index is 13.5. The summed E-state index contributed by atoms with van der Waals surface area (Å²) in [5, 5.41) is 5.36. The number of urea groups is 1. The first kappa shape index (κ1) is 24.1. The Morgan fingerprint density at radius 1 is 1.09 bits per heavy atom. The SMILES string of the molecule is CCNC(=O)NC(=O)C(C)OC(=O)c1c2c(nc3ccccc13)C(=Cc1ccccc1)CC(C)C2. The fourth-order valence-electron chi connectivity index (χ4n) is 4.41. The third-order valence-electron chi connectivity index (χ3n) is 5.99. The van der Waals surface area contributed by atoms with Crippen LogP contribution in [0.3, 0.4) is 0 Å². The molecule has 0 radical (unpaired) electrons. The molecule has 2 unspecified atom stereocenters. The maximum atomic E-state index is 13.5. The van der Waals surface area contributed by atoms with Gasteiger partial charge in [-0.3, -0.25) is 10.1 Å². The van der Waals surface area contributed by atoms with Crippen molar-refractivity contribution in [1.29, 1.82) is 0 Å². The molecule has 0 saturated heterocycles. The molecule has 7 heteroatoms. The number of nitrogens with one attached hydrogen (secondary N) is 2. The van der Waals surface area contributed by atoms with Gasteiger partial charge in [0.25, 0.3) is 5.91 Å². The molecular formula is C28H29N3O4. The van der Waals surface area contributed by atoms with Crippen LogP contribution in [0.2, 0.25) is 0 Å². The Balaban J connectivity index is 1.75. The zero-order valence-electron chi connectivity index (χ0n) is 20.1. The molecular weight excluding hydrogens is 442 g/mol. The molecule has 3 aromatic rings. The highest BCUT2D eigenvalue weighted by atomic mass is 16.5. The fraction of sp³-hybridized carbons (Fsp3) is 0.286. The summed E-state index contributed by atoms with van der Waals surface area (Å²) in [4.78, 5) is 42.5. The third-order valence-corrected chi connectivity index (χ3v) is 5.99. The third kappa shape index (κ3) is 5.40. The van der Waals surface area contributed by atoms with Gasteiger partial charge >= 0.3 is 12.0 Å². The van der Waals surface area contributed by atoms with Gasteiger partial charge in [-0.1, -0.05) is 55.5 Å². The first-order valence-electron chi connectivity index (χ1n) is 11.8. The number of ether oxygens (including phenoxy) is 1. The van der Waals surface area contributed by atoms with Crippen LogP contribution in [-0.4, -0.2) is 35.5 Å². The van der Waals surface area contributed by atoms with E-state index in [1.54, 1.807) is 6.92 Å². The molecule has 1 aromatic heterocycles. The van der Waals surface area contributed by atoms with Crippen molar-refractivity contribution in [2.24, 2.45) is 5.92 Å². The quantitative estimate of drug-likeness (QED) is 0.524. The molecule has 3 amide bonds. The summed E-state index contributed by atoms with van der Waals surface area (Å²) in [5.74, 6) is -0.994. The van der Waals surface area contributed by atoms with Crippen LogP contribution in [0.1, 0.15) is 54.4 Å². The van der Waals surface area contributed by atoms with Crippen molar-refractivity contribution < 1.29 is 19.1 Å². The standard InChI is InChI=1S/C28H29N3O4/c1-4-29-28(34)31-26(32)18(3)35-27(33)24-21-12-8-9-13-23(21)30-25-20(14-17(2)15-22(24)25)16-19-10-6-5-7-11-19/h5-13,16-18H,4,14-15H2,1-3H3,(H2,29,31,32,34). The van der Waals surface area contributed by atoms with Crippen LogP contribution in [0.15, 0.2) is 54.6 Å². The topological polar surface area (TPSA) is 97.4 Å². The van der Waals surface area contributed by atoms with E-state index in [1.807, 2.05) is 54.6 Å². The zero-order chi connectivity index (χ0) is 24.9. The van der Waals surface area contributed by atoms with Gasteiger partial charge in [-0.25, -0.2) is 14.6 Å². The largest absolute Gasteiger partial charge is 0.449 e. The molecule has 7 nitrogen and oxygen atoms in total. The molecule has 0 saturated carbocycles. The Hall–Kier alpha value is -4.00. The minimum Gasteiger partial charge on any atom is -0.449 e. The first-order chi connectivity index (χ1) is 16.9. The second-order valence-electron chi connectivity index (χ2n) is 8.82. The van der Waals surface area contributed by atoms with Crippen molar-refractivity contribution in [2.45, 2.75) is 39.7 Å². The molecule has 2 aromatic carbocycles. The fourth-order valence-corrected chi connectivity index (χ4v) is 4.41. The first-order valence-corrected chi connectivity index (χ1v) is 11.8. The Morgan fingerprint density at radius 2 is 1.80 bits per heavy atom. The summed E-state index contributed by atoms with van der Waals surface area (Å²) in [7, 11) is 0. The molecule has 0 fully saturated rings. The number of amides is 3. The number of pyridine rings is 1. The number of allylic oxidation sites excluding steroid dienone is 1. The average molecular weight is 472 g/mol. The summed E-state index contributed by atoms with van der Waals surface area (Å²) in [5.41, 5.74) is 4.85. The van der Waals surface area contributed by atoms with Gasteiger partial charge in [0.15, 0.2) is 6.10 Å². The summed E-state index contributed by atoms with van der Waals surface area (Å²) in [6.07, 6.45) is 2.48. The molecule has 1 aliphatic rings. The number of benzene rings is 2. The number of carbonyl (C=O) groups is 3. The van der Waals surface area contributed by atoms with E-state index in [1.165, 1.54) is 6.92 Å². The van der Waals surface area contributed by atoms with E-state index in [2.05, 4.69) is 23.6 Å². The van der Waals surface area contributed by atoms with Gasteiger partial charge < -0.3 is 10.1 Å². The number of para-hydroxylation sites is 1. The molecule has 2 atom stereocenters. The normalized spacial score (nSPS) is 16.9. The minimum absolute atomic E-state index is 0.297. The van der Waals surface area contributed by atoms with Crippen molar-refractivity contribution in [2.75, 3.05) is 6.54 Å². The van der Waals surface area contributed by atoms with E-state index in [0.717, 1.165) is 28.8 Å². The van der Waals surface area contributed by atoms with Crippen molar-refractivity contribution in [3.63, 3.8) is 0 Å². The number of imide groups is 1. The number of hydrogen-bond donors (Lipinski definition) is 2. The van der Waals surface area contributed by atoms with E-state index in [-0.39, 0.29) is 0 Å². The van der Waals surface area contributed by atoms with Gasteiger partial charge in [0.1, 0.15) is 0 Å². The van der Waals surface area contributed by atoms with Crippen LogP contribution in [0.5, 0.6) is 0 Å². The Kier molecular flexibility index (Phi) is 7.25. The van der Waals surface area contributed by atoms with Crippen molar-refractivity contribution in [1.82, 2.24) is 15.6 Å². The van der Waals surface area contributed by atoms with Crippen molar-refractivity contribution in [3.05, 3.63) is 77.0 Å². The summed E-state index contributed by atoms with van der Waals surface area (Å²) in [6.45, 7) is 5.71. The molecule has 180 valence electrons. The Labute approximate surface area is 204 Å². The second kappa shape index (κ2) is 10.5. The molecule has 0 bridgehead atoms. The van der Waals surface area contributed by atoms with Crippen LogP contribution in [0.25, 0.3) is 22.6 Å².